The lowest BCUT2D eigenvalue weighted by atomic mass is 9.93. The molecule has 96 valence electrons. The second kappa shape index (κ2) is 4.60. The first-order valence-electron chi connectivity index (χ1n) is 6.69. The molecular formula is C15H19ClN2. The van der Waals surface area contributed by atoms with Gasteiger partial charge in [-0.2, -0.15) is 0 Å². The van der Waals surface area contributed by atoms with E-state index in [-0.39, 0.29) is 0 Å². The molecule has 18 heavy (non-hydrogen) atoms. The highest BCUT2D eigenvalue weighted by atomic mass is 35.5. The summed E-state index contributed by atoms with van der Waals surface area (Å²) in [4.78, 5) is 3.55. The van der Waals surface area contributed by atoms with Gasteiger partial charge in [-0.25, -0.2) is 0 Å². The smallest absolute Gasteiger partial charge is 0.0648 e. The van der Waals surface area contributed by atoms with Crippen molar-refractivity contribution in [2.24, 2.45) is 5.92 Å². The van der Waals surface area contributed by atoms with Crippen LogP contribution in [0.5, 0.6) is 0 Å². The molecule has 0 saturated heterocycles. The van der Waals surface area contributed by atoms with E-state index in [1.807, 2.05) is 12.1 Å². The molecule has 2 N–H and O–H groups in total. The van der Waals surface area contributed by atoms with Gasteiger partial charge in [-0.3, -0.25) is 0 Å². The van der Waals surface area contributed by atoms with Gasteiger partial charge in [-0.15, -0.1) is 0 Å². The van der Waals surface area contributed by atoms with Crippen molar-refractivity contribution in [2.45, 2.75) is 32.7 Å². The largest absolute Gasteiger partial charge is 0.356 e. The molecule has 2 nitrogen and oxygen atoms in total. The summed E-state index contributed by atoms with van der Waals surface area (Å²) in [7, 11) is 0. The molecule has 1 aliphatic heterocycles. The van der Waals surface area contributed by atoms with Crippen molar-refractivity contribution in [3.63, 3.8) is 0 Å². The summed E-state index contributed by atoms with van der Waals surface area (Å²) in [6, 6.07) is 6.61. The number of halogens is 1. The van der Waals surface area contributed by atoms with Crippen LogP contribution in [-0.4, -0.2) is 11.5 Å². The fourth-order valence-electron chi connectivity index (χ4n) is 2.97. The Morgan fingerprint density at radius 1 is 1.39 bits per heavy atom. The fraction of sp³-hybridized carbons (Fsp3) is 0.467. The molecule has 1 aromatic heterocycles. The third-order valence-corrected chi connectivity index (χ3v) is 4.06. The Labute approximate surface area is 113 Å². The minimum Gasteiger partial charge on any atom is -0.356 e. The number of aromatic nitrogens is 1. The Morgan fingerprint density at radius 3 is 3.00 bits per heavy atom. The average molecular weight is 263 g/mol. The van der Waals surface area contributed by atoms with E-state index >= 15 is 0 Å². The highest BCUT2D eigenvalue weighted by molar-refractivity contribution is 6.35. The lowest BCUT2D eigenvalue weighted by molar-refractivity contribution is 0.409. The number of hydrogen-bond acceptors (Lipinski definition) is 1. The van der Waals surface area contributed by atoms with Crippen LogP contribution in [0.25, 0.3) is 10.9 Å². The number of fused-ring (bicyclic) bond motifs is 3. The van der Waals surface area contributed by atoms with Crippen LogP contribution in [0.3, 0.4) is 0 Å². The monoisotopic (exact) mass is 262 g/mol. The molecular weight excluding hydrogens is 244 g/mol. The van der Waals surface area contributed by atoms with Crippen LogP contribution in [0.15, 0.2) is 18.2 Å². The molecule has 0 bridgehead atoms. The Balaban J connectivity index is 2.12. The maximum atomic E-state index is 6.28. The molecule has 2 heterocycles. The first-order valence-corrected chi connectivity index (χ1v) is 7.07. The number of hydrogen-bond donors (Lipinski definition) is 2. The van der Waals surface area contributed by atoms with E-state index < -0.39 is 0 Å². The molecule has 3 heteroatoms. The van der Waals surface area contributed by atoms with E-state index in [4.69, 9.17) is 11.6 Å². The fourth-order valence-corrected chi connectivity index (χ4v) is 3.19. The van der Waals surface area contributed by atoms with Crippen LogP contribution in [-0.2, 0) is 6.42 Å². The molecule has 1 unspecified atom stereocenters. The molecule has 3 rings (SSSR count). The number of aromatic amines is 1. The van der Waals surface area contributed by atoms with Gasteiger partial charge in [-0.1, -0.05) is 37.6 Å². The summed E-state index contributed by atoms with van der Waals surface area (Å²) < 4.78 is 0. The molecule has 1 aromatic carbocycles. The molecule has 1 aliphatic rings. The molecule has 0 spiro atoms. The van der Waals surface area contributed by atoms with Gasteiger partial charge in [0.1, 0.15) is 0 Å². The van der Waals surface area contributed by atoms with Crippen molar-refractivity contribution in [3.8, 4) is 0 Å². The van der Waals surface area contributed by atoms with Crippen LogP contribution < -0.4 is 5.32 Å². The standard InChI is InChI=1S/C15H19ClN2/c1-9(2)8-13-15-11(6-7-17-13)10-4-3-5-12(16)14(10)18-15/h3-5,9,13,17-18H,6-8H2,1-2H3. The van der Waals surface area contributed by atoms with Crippen LogP contribution >= 0.6 is 11.6 Å². The average Bonchev–Trinajstić information content (AvgIpc) is 2.70. The highest BCUT2D eigenvalue weighted by Crippen LogP contribution is 2.35. The third kappa shape index (κ3) is 1.94. The zero-order chi connectivity index (χ0) is 12.7. The van der Waals surface area contributed by atoms with Crippen LogP contribution in [0, 0.1) is 5.92 Å². The minimum atomic E-state index is 0.442. The summed E-state index contributed by atoms with van der Waals surface area (Å²) in [6.45, 7) is 5.60. The van der Waals surface area contributed by atoms with Crippen LogP contribution in [0.2, 0.25) is 5.02 Å². The van der Waals surface area contributed by atoms with E-state index in [0.717, 1.165) is 29.9 Å². The van der Waals surface area contributed by atoms with Gasteiger partial charge in [0, 0.05) is 17.1 Å². The van der Waals surface area contributed by atoms with Crippen molar-refractivity contribution >= 4 is 22.5 Å². The van der Waals surface area contributed by atoms with Gasteiger partial charge in [0.25, 0.3) is 0 Å². The normalized spacial score (nSPS) is 19.4. The molecule has 0 radical (unpaired) electrons. The van der Waals surface area contributed by atoms with E-state index in [0.29, 0.717) is 12.0 Å². The summed E-state index contributed by atoms with van der Waals surface area (Å²) in [6.07, 6.45) is 2.25. The SMILES string of the molecule is CC(C)CC1NCCc2c1[nH]c1c(Cl)cccc21. The number of nitrogens with one attached hydrogen (secondary N) is 2. The molecule has 1 atom stereocenters. The van der Waals surface area contributed by atoms with E-state index in [2.05, 4.69) is 30.2 Å². The molecule has 0 aliphatic carbocycles. The summed E-state index contributed by atoms with van der Waals surface area (Å²) in [5, 5.41) is 5.74. The van der Waals surface area contributed by atoms with Gasteiger partial charge in [-0.05, 0) is 36.9 Å². The second-order valence-corrected chi connectivity index (χ2v) is 5.97. The van der Waals surface area contributed by atoms with Gasteiger partial charge >= 0.3 is 0 Å². The summed E-state index contributed by atoms with van der Waals surface area (Å²) >= 11 is 6.28. The van der Waals surface area contributed by atoms with Crippen molar-refractivity contribution in [2.75, 3.05) is 6.54 Å². The molecule has 2 aromatic rings. The Hall–Kier alpha value is -0.990. The number of H-pyrrole nitrogens is 1. The van der Waals surface area contributed by atoms with Gasteiger partial charge in [0.15, 0.2) is 0 Å². The van der Waals surface area contributed by atoms with Crippen molar-refractivity contribution in [3.05, 3.63) is 34.5 Å². The Bertz CT molecular complexity index is 571. The van der Waals surface area contributed by atoms with Crippen molar-refractivity contribution < 1.29 is 0 Å². The van der Waals surface area contributed by atoms with Crippen LogP contribution in [0.1, 0.15) is 37.6 Å². The van der Waals surface area contributed by atoms with Gasteiger partial charge in [0.05, 0.1) is 10.5 Å². The predicted octanol–water partition coefficient (Wildman–Crippen LogP) is 4.05. The van der Waals surface area contributed by atoms with Gasteiger partial charge < -0.3 is 10.3 Å². The Morgan fingerprint density at radius 2 is 2.22 bits per heavy atom. The van der Waals surface area contributed by atoms with Crippen molar-refractivity contribution in [1.29, 1.82) is 0 Å². The van der Waals surface area contributed by atoms with Crippen LogP contribution in [0.4, 0.5) is 0 Å². The minimum absolute atomic E-state index is 0.442. The predicted molar refractivity (Wildman–Crippen MR) is 77.2 cm³/mol. The van der Waals surface area contributed by atoms with E-state index in [1.165, 1.54) is 16.6 Å². The first-order chi connectivity index (χ1) is 8.66. The number of benzene rings is 1. The second-order valence-electron chi connectivity index (χ2n) is 5.57. The van der Waals surface area contributed by atoms with Gasteiger partial charge in [0.2, 0.25) is 0 Å². The summed E-state index contributed by atoms with van der Waals surface area (Å²) in [5.74, 6) is 0.690. The summed E-state index contributed by atoms with van der Waals surface area (Å²) in [5.41, 5.74) is 3.90. The lowest BCUT2D eigenvalue weighted by Gasteiger charge is -2.25. The number of para-hydroxylation sites is 1. The zero-order valence-corrected chi connectivity index (χ0v) is 11.6. The third-order valence-electron chi connectivity index (χ3n) is 3.74. The van der Waals surface area contributed by atoms with E-state index in [1.54, 1.807) is 0 Å². The molecule has 0 fully saturated rings. The lowest BCUT2D eigenvalue weighted by Crippen LogP contribution is -2.30. The quantitative estimate of drug-likeness (QED) is 0.840. The molecule has 0 saturated carbocycles. The first kappa shape index (κ1) is 12.1. The number of rotatable bonds is 2. The maximum absolute atomic E-state index is 6.28. The molecule has 0 amide bonds. The highest BCUT2D eigenvalue weighted by Gasteiger charge is 2.24. The topological polar surface area (TPSA) is 27.8 Å². The zero-order valence-electron chi connectivity index (χ0n) is 10.9. The maximum Gasteiger partial charge on any atom is 0.0648 e. The van der Waals surface area contributed by atoms with E-state index in [9.17, 15) is 0 Å². The Kier molecular flexibility index (Phi) is 3.08. The van der Waals surface area contributed by atoms with Crippen molar-refractivity contribution in [1.82, 2.24) is 10.3 Å².